The number of ether oxygens (including phenoxy) is 1. The molecular weight excluding hydrogens is 489 g/mol. The third-order valence-electron chi connectivity index (χ3n) is 5.31. The first-order valence-corrected chi connectivity index (χ1v) is 12.6. The summed E-state index contributed by atoms with van der Waals surface area (Å²) in [4.78, 5) is 40.3. The van der Waals surface area contributed by atoms with Crippen molar-refractivity contribution < 1.29 is 18.7 Å². The Morgan fingerprint density at radius 1 is 1.24 bits per heavy atom. The Morgan fingerprint density at radius 3 is 2.63 bits per heavy atom. The van der Waals surface area contributed by atoms with Crippen molar-refractivity contribution in [3.05, 3.63) is 36.0 Å². The minimum atomic E-state index is -0.666. The molecule has 2 aromatic rings. The van der Waals surface area contributed by atoms with Crippen LogP contribution in [0.5, 0.6) is 0 Å². The number of likely N-dealkylation sites (N-methyl/N-ethyl adjacent to an activating group) is 1. The van der Waals surface area contributed by atoms with Crippen molar-refractivity contribution in [3.63, 3.8) is 0 Å². The average Bonchev–Trinajstić information content (AvgIpc) is 2.84. The third-order valence-corrected chi connectivity index (χ3v) is 5.31. The quantitative estimate of drug-likeness (QED) is 0.270. The lowest BCUT2D eigenvalue weighted by molar-refractivity contribution is -0.125. The molecule has 2 rings (SSSR count). The molecule has 2 N–H and O–H groups in total. The largest absolute Gasteiger partial charge is 0.444 e. The van der Waals surface area contributed by atoms with Gasteiger partial charge in [-0.2, -0.15) is 9.37 Å². The van der Waals surface area contributed by atoms with Crippen LogP contribution in [-0.2, 0) is 9.53 Å². The van der Waals surface area contributed by atoms with Crippen LogP contribution in [0.4, 0.5) is 26.6 Å². The first-order valence-electron chi connectivity index (χ1n) is 12.6. The van der Waals surface area contributed by atoms with Gasteiger partial charge < -0.3 is 20.3 Å². The van der Waals surface area contributed by atoms with E-state index in [-0.39, 0.29) is 5.91 Å². The van der Waals surface area contributed by atoms with Crippen LogP contribution in [0.15, 0.2) is 24.5 Å². The van der Waals surface area contributed by atoms with Gasteiger partial charge in [0.1, 0.15) is 17.5 Å². The maximum atomic E-state index is 13.4. The number of aromatic nitrogens is 3. The summed E-state index contributed by atoms with van der Waals surface area (Å²) in [5.74, 6) is 6.37. The van der Waals surface area contributed by atoms with Crippen molar-refractivity contribution >= 4 is 29.5 Å². The summed E-state index contributed by atoms with van der Waals surface area (Å²) in [6.07, 6.45) is 4.56. The van der Waals surface area contributed by atoms with E-state index in [1.54, 1.807) is 40.0 Å². The normalized spacial score (nSPS) is 11.6. The highest BCUT2D eigenvalue weighted by Crippen LogP contribution is 2.20. The molecule has 11 heteroatoms. The molecule has 206 valence electrons. The standard InChI is InChI=1S/C27H38FN7O3/c1-8-16-34(6)23-20(18-31-25(33-23)32-21-13-15-29-22(28)17-21)12-10-9-11-14-30-24(36)19(2)35(7)26(37)38-27(3,4)5/h13,15,17-19H,8-9,11,14,16H2,1-7H3,(H,30,36)(H,29,31,32,33)/t19-/m0/s1. The Morgan fingerprint density at radius 2 is 1.97 bits per heavy atom. The molecule has 0 aliphatic rings. The van der Waals surface area contributed by atoms with E-state index in [9.17, 15) is 14.0 Å². The van der Waals surface area contributed by atoms with Crippen molar-refractivity contribution in [1.82, 2.24) is 25.2 Å². The monoisotopic (exact) mass is 527 g/mol. The highest BCUT2D eigenvalue weighted by molar-refractivity contribution is 5.85. The maximum Gasteiger partial charge on any atom is 0.410 e. The van der Waals surface area contributed by atoms with Gasteiger partial charge in [0.25, 0.3) is 0 Å². The number of nitrogens with one attached hydrogen (secondary N) is 2. The molecule has 1 atom stereocenters. The van der Waals surface area contributed by atoms with E-state index in [1.165, 1.54) is 24.2 Å². The Hall–Kier alpha value is -3.94. The van der Waals surface area contributed by atoms with E-state index in [1.807, 2.05) is 11.9 Å². The van der Waals surface area contributed by atoms with Crippen LogP contribution >= 0.6 is 0 Å². The molecule has 0 fully saturated rings. The minimum Gasteiger partial charge on any atom is -0.444 e. The van der Waals surface area contributed by atoms with Gasteiger partial charge in [-0.05, 0) is 46.6 Å². The number of pyridine rings is 1. The first kappa shape index (κ1) is 30.3. The smallest absolute Gasteiger partial charge is 0.410 e. The van der Waals surface area contributed by atoms with Gasteiger partial charge >= 0.3 is 6.09 Å². The van der Waals surface area contributed by atoms with Crippen LogP contribution in [-0.4, -0.2) is 70.7 Å². The molecule has 10 nitrogen and oxygen atoms in total. The van der Waals surface area contributed by atoms with Crippen LogP contribution in [0.1, 0.15) is 59.4 Å². The Balaban J connectivity index is 1.95. The summed E-state index contributed by atoms with van der Waals surface area (Å²) in [6, 6.07) is 2.23. The molecule has 2 aromatic heterocycles. The van der Waals surface area contributed by atoms with Crippen LogP contribution in [0.2, 0.25) is 0 Å². The second kappa shape index (κ2) is 14.1. The van der Waals surface area contributed by atoms with Gasteiger partial charge in [-0.15, -0.1) is 0 Å². The second-order valence-electron chi connectivity index (χ2n) is 9.81. The van der Waals surface area contributed by atoms with Crippen LogP contribution in [0, 0.1) is 17.8 Å². The predicted octanol–water partition coefficient (Wildman–Crippen LogP) is 4.10. The lowest BCUT2D eigenvalue weighted by Crippen LogP contribution is -2.47. The third kappa shape index (κ3) is 9.84. The van der Waals surface area contributed by atoms with Gasteiger partial charge in [0.15, 0.2) is 0 Å². The molecule has 0 radical (unpaired) electrons. The zero-order valence-corrected chi connectivity index (χ0v) is 23.3. The summed E-state index contributed by atoms with van der Waals surface area (Å²) in [7, 11) is 3.47. The van der Waals surface area contributed by atoms with E-state index >= 15 is 0 Å². The zero-order chi connectivity index (χ0) is 28.3. The number of hydrogen-bond donors (Lipinski definition) is 2. The number of carbonyl (C=O) groups excluding carboxylic acids is 2. The summed E-state index contributed by atoms with van der Waals surface area (Å²) < 4.78 is 18.7. The van der Waals surface area contributed by atoms with E-state index in [4.69, 9.17) is 4.74 Å². The molecule has 0 aliphatic heterocycles. The Kier molecular flexibility index (Phi) is 11.3. The number of anilines is 3. The van der Waals surface area contributed by atoms with Crippen molar-refractivity contribution in [2.45, 2.75) is 65.5 Å². The van der Waals surface area contributed by atoms with Crippen molar-refractivity contribution in [2.75, 3.05) is 37.4 Å². The SMILES string of the molecule is CCCN(C)c1nc(Nc2ccnc(F)c2)ncc1C#CCCCNC(=O)[C@H](C)N(C)C(=O)OC(C)(C)C. The second-order valence-corrected chi connectivity index (χ2v) is 9.81. The van der Waals surface area contributed by atoms with Crippen LogP contribution in [0.25, 0.3) is 0 Å². The minimum absolute atomic E-state index is 0.264. The van der Waals surface area contributed by atoms with Gasteiger partial charge in [0.05, 0.1) is 11.8 Å². The summed E-state index contributed by atoms with van der Waals surface area (Å²) in [5.41, 5.74) is 0.532. The molecule has 2 amide bonds. The van der Waals surface area contributed by atoms with Crippen molar-refractivity contribution in [2.24, 2.45) is 0 Å². The van der Waals surface area contributed by atoms with Crippen molar-refractivity contribution in [3.8, 4) is 11.8 Å². The van der Waals surface area contributed by atoms with Gasteiger partial charge in [-0.25, -0.2) is 14.8 Å². The highest BCUT2D eigenvalue weighted by atomic mass is 19.1. The van der Waals surface area contributed by atoms with E-state index in [2.05, 4.69) is 44.4 Å². The van der Waals surface area contributed by atoms with Crippen LogP contribution < -0.4 is 15.5 Å². The summed E-state index contributed by atoms with van der Waals surface area (Å²) >= 11 is 0. The molecule has 0 saturated carbocycles. The van der Waals surface area contributed by atoms with Gasteiger partial charge in [-0.1, -0.05) is 18.8 Å². The molecule has 0 aromatic carbocycles. The summed E-state index contributed by atoms with van der Waals surface area (Å²) in [6.45, 7) is 10.2. The molecule has 0 unspecified atom stereocenters. The van der Waals surface area contributed by atoms with Crippen molar-refractivity contribution in [1.29, 1.82) is 0 Å². The molecule has 0 bridgehead atoms. The number of rotatable bonds is 10. The maximum absolute atomic E-state index is 13.4. The first-order chi connectivity index (χ1) is 17.9. The fraction of sp³-hybridized carbons (Fsp3) is 0.519. The fourth-order valence-electron chi connectivity index (χ4n) is 3.22. The zero-order valence-electron chi connectivity index (χ0n) is 23.3. The molecule has 38 heavy (non-hydrogen) atoms. The molecule has 0 spiro atoms. The molecule has 0 aliphatic carbocycles. The Labute approximate surface area is 224 Å². The molecule has 2 heterocycles. The number of halogens is 1. The van der Waals surface area contributed by atoms with Gasteiger partial charge in [0.2, 0.25) is 17.8 Å². The van der Waals surface area contributed by atoms with Gasteiger partial charge in [-0.3, -0.25) is 9.69 Å². The molecular formula is C27H38FN7O3. The number of carbonyl (C=O) groups is 2. The number of hydrogen-bond acceptors (Lipinski definition) is 8. The molecule has 0 saturated heterocycles. The Bertz CT molecular complexity index is 1160. The van der Waals surface area contributed by atoms with E-state index in [0.717, 1.165) is 13.0 Å². The van der Waals surface area contributed by atoms with Gasteiger partial charge in [0, 0.05) is 51.6 Å². The predicted molar refractivity (Wildman–Crippen MR) is 146 cm³/mol. The number of amides is 2. The highest BCUT2D eigenvalue weighted by Gasteiger charge is 2.26. The van der Waals surface area contributed by atoms with E-state index in [0.29, 0.717) is 42.4 Å². The number of unbranched alkanes of at least 4 members (excludes halogenated alkanes) is 1. The lowest BCUT2D eigenvalue weighted by Gasteiger charge is -2.28. The van der Waals surface area contributed by atoms with Crippen LogP contribution in [0.3, 0.4) is 0 Å². The topological polar surface area (TPSA) is 113 Å². The number of nitrogens with zero attached hydrogens (tertiary/aromatic N) is 5. The average molecular weight is 528 g/mol. The van der Waals surface area contributed by atoms with E-state index < -0.39 is 23.7 Å². The summed E-state index contributed by atoms with van der Waals surface area (Å²) in [5, 5.41) is 5.82. The fourth-order valence-corrected chi connectivity index (χ4v) is 3.22. The lowest BCUT2D eigenvalue weighted by atomic mass is 10.2.